The van der Waals surface area contributed by atoms with Crippen LogP contribution in [-0.2, 0) is 6.42 Å². The van der Waals surface area contributed by atoms with E-state index >= 15 is 0 Å². The third-order valence-electron chi connectivity index (χ3n) is 5.92. The maximum absolute atomic E-state index is 5.74. The first-order valence-corrected chi connectivity index (χ1v) is 9.26. The van der Waals surface area contributed by atoms with Crippen molar-refractivity contribution < 1.29 is 4.74 Å². The number of fused-ring (bicyclic) bond motifs is 1. The second-order valence-electron chi connectivity index (χ2n) is 7.19. The van der Waals surface area contributed by atoms with Gasteiger partial charge in [-0.15, -0.1) is 0 Å². The number of ether oxygens (including phenoxy) is 1. The molecule has 0 spiro atoms. The topological polar surface area (TPSA) is 27.7 Å². The van der Waals surface area contributed by atoms with Crippen LogP contribution in [0.4, 0.5) is 0 Å². The molecule has 23 heavy (non-hydrogen) atoms. The van der Waals surface area contributed by atoms with Crippen molar-refractivity contribution in [3.63, 3.8) is 0 Å². The van der Waals surface area contributed by atoms with Crippen molar-refractivity contribution in [3.05, 3.63) is 29.3 Å². The number of nitrogens with zero attached hydrogens (tertiary/aromatic N) is 2. The van der Waals surface area contributed by atoms with Crippen LogP contribution >= 0.6 is 0 Å². The lowest BCUT2D eigenvalue weighted by Gasteiger charge is -2.42. The van der Waals surface area contributed by atoms with Gasteiger partial charge in [0.25, 0.3) is 0 Å². The van der Waals surface area contributed by atoms with Gasteiger partial charge in [-0.25, -0.2) is 0 Å². The molecule has 0 aliphatic carbocycles. The Bertz CT molecular complexity index is 533. The molecular weight excluding hydrogens is 286 g/mol. The minimum absolute atomic E-state index is 0.486. The fourth-order valence-electron chi connectivity index (χ4n) is 4.32. The van der Waals surface area contributed by atoms with E-state index in [-0.39, 0.29) is 0 Å². The molecule has 0 bridgehead atoms. The monoisotopic (exact) mass is 315 g/mol. The lowest BCUT2D eigenvalue weighted by atomic mass is 10.0. The summed E-state index contributed by atoms with van der Waals surface area (Å²) >= 11 is 0. The molecule has 4 nitrogen and oxygen atoms in total. The summed E-state index contributed by atoms with van der Waals surface area (Å²) in [5.74, 6) is 1.11. The molecule has 1 atom stereocenters. The Morgan fingerprint density at radius 1 is 1.13 bits per heavy atom. The summed E-state index contributed by atoms with van der Waals surface area (Å²) in [5, 5.41) is 3.47. The predicted molar refractivity (Wildman–Crippen MR) is 93.1 cm³/mol. The van der Waals surface area contributed by atoms with Gasteiger partial charge in [0.2, 0.25) is 0 Å². The van der Waals surface area contributed by atoms with Gasteiger partial charge in [0.05, 0.1) is 6.61 Å². The van der Waals surface area contributed by atoms with Gasteiger partial charge in [0.1, 0.15) is 5.75 Å². The van der Waals surface area contributed by atoms with E-state index in [0.29, 0.717) is 6.04 Å². The van der Waals surface area contributed by atoms with Crippen LogP contribution in [0.25, 0.3) is 0 Å². The SMILES string of the molecule is C[C@@H](c1ccc2c(c1)OCC2)N1CCN(C2CCNCC2)CC1. The maximum Gasteiger partial charge on any atom is 0.122 e. The average molecular weight is 315 g/mol. The van der Waals surface area contributed by atoms with Gasteiger partial charge in [-0.1, -0.05) is 12.1 Å². The van der Waals surface area contributed by atoms with Gasteiger partial charge in [0.15, 0.2) is 0 Å². The van der Waals surface area contributed by atoms with Gasteiger partial charge < -0.3 is 10.1 Å². The largest absolute Gasteiger partial charge is 0.493 e. The van der Waals surface area contributed by atoms with Crippen molar-refractivity contribution >= 4 is 0 Å². The summed E-state index contributed by atoms with van der Waals surface area (Å²) in [4.78, 5) is 5.35. The van der Waals surface area contributed by atoms with Crippen LogP contribution in [0, 0.1) is 0 Å². The molecule has 1 aromatic carbocycles. The second kappa shape index (κ2) is 6.80. The number of hydrogen-bond acceptors (Lipinski definition) is 4. The van der Waals surface area contributed by atoms with Crippen LogP contribution in [-0.4, -0.2) is 61.7 Å². The highest BCUT2D eigenvalue weighted by molar-refractivity contribution is 5.41. The van der Waals surface area contributed by atoms with Gasteiger partial charge in [-0.2, -0.15) is 0 Å². The minimum Gasteiger partial charge on any atom is -0.493 e. The summed E-state index contributed by atoms with van der Waals surface area (Å²) in [6, 6.07) is 8.13. The van der Waals surface area contributed by atoms with E-state index in [0.717, 1.165) is 24.8 Å². The first kappa shape index (κ1) is 15.4. The number of rotatable bonds is 3. The molecule has 3 aliphatic heterocycles. The molecular formula is C19H29N3O. The van der Waals surface area contributed by atoms with E-state index in [1.165, 1.54) is 63.2 Å². The number of hydrogen-bond donors (Lipinski definition) is 1. The minimum atomic E-state index is 0.486. The fraction of sp³-hybridized carbons (Fsp3) is 0.684. The van der Waals surface area contributed by atoms with Crippen molar-refractivity contribution in [2.24, 2.45) is 0 Å². The van der Waals surface area contributed by atoms with Gasteiger partial charge in [-0.05, 0) is 50.0 Å². The smallest absolute Gasteiger partial charge is 0.122 e. The highest BCUT2D eigenvalue weighted by Crippen LogP contribution is 2.31. The van der Waals surface area contributed by atoms with E-state index in [2.05, 4.69) is 40.2 Å². The van der Waals surface area contributed by atoms with Crippen LogP contribution in [0.2, 0.25) is 0 Å². The van der Waals surface area contributed by atoms with E-state index in [1.807, 2.05) is 0 Å². The van der Waals surface area contributed by atoms with Crippen LogP contribution in [0.3, 0.4) is 0 Å². The second-order valence-corrected chi connectivity index (χ2v) is 7.19. The summed E-state index contributed by atoms with van der Waals surface area (Å²) in [6.07, 6.45) is 3.70. The highest BCUT2D eigenvalue weighted by Gasteiger charge is 2.27. The molecule has 4 rings (SSSR count). The Balaban J connectivity index is 1.36. The summed E-state index contributed by atoms with van der Waals surface area (Å²) < 4.78 is 5.74. The molecule has 126 valence electrons. The maximum atomic E-state index is 5.74. The fourth-order valence-corrected chi connectivity index (χ4v) is 4.32. The number of benzene rings is 1. The first-order chi connectivity index (χ1) is 11.3. The van der Waals surface area contributed by atoms with Gasteiger partial charge in [-0.3, -0.25) is 9.80 Å². The molecule has 3 aliphatic rings. The Morgan fingerprint density at radius 2 is 1.91 bits per heavy atom. The molecule has 0 unspecified atom stereocenters. The zero-order valence-corrected chi connectivity index (χ0v) is 14.3. The summed E-state index contributed by atoms with van der Waals surface area (Å²) in [6.45, 7) is 10.4. The van der Waals surface area contributed by atoms with Crippen LogP contribution in [0.1, 0.15) is 36.9 Å². The highest BCUT2D eigenvalue weighted by atomic mass is 16.5. The normalized spacial score (nSPS) is 25.1. The molecule has 4 heteroatoms. The first-order valence-electron chi connectivity index (χ1n) is 9.26. The van der Waals surface area contributed by atoms with Crippen LogP contribution in [0.5, 0.6) is 5.75 Å². The molecule has 2 saturated heterocycles. The van der Waals surface area contributed by atoms with E-state index < -0.39 is 0 Å². The van der Waals surface area contributed by atoms with Gasteiger partial charge in [0, 0.05) is 44.7 Å². The zero-order chi connectivity index (χ0) is 15.6. The average Bonchev–Trinajstić information content (AvgIpc) is 3.10. The Labute approximate surface area is 139 Å². The van der Waals surface area contributed by atoms with E-state index in [4.69, 9.17) is 4.74 Å². The zero-order valence-electron chi connectivity index (χ0n) is 14.3. The molecule has 0 aromatic heterocycles. The molecule has 0 amide bonds. The van der Waals surface area contributed by atoms with Crippen LogP contribution in [0.15, 0.2) is 18.2 Å². The van der Waals surface area contributed by atoms with Crippen molar-refractivity contribution in [1.82, 2.24) is 15.1 Å². The number of piperidine rings is 1. The van der Waals surface area contributed by atoms with Crippen molar-refractivity contribution in [1.29, 1.82) is 0 Å². The quantitative estimate of drug-likeness (QED) is 0.924. The predicted octanol–water partition coefficient (Wildman–Crippen LogP) is 2.05. The van der Waals surface area contributed by atoms with E-state index in [1.54, 1.807) is 0 Å². The molecule has 2 fully saturated rings. The Hall–Kier alpha value is -1.10. The standard InChI is InChI=1S/C19H29N3O/c1-15(17-3-2-16-6-13-23-19(16)14-17)21-9-11-22(12-10-21)18-4-7-20-8-5-18/h2-3,14-15,18,20H,4-13H2,1H3/t15-/m0/s1. The Kier molecular flexibility index (Phi) is 4.56. The third kappa shape index (κ3) is 3.25. The van der Waals surface area contributed by atoms with Crippen molar-refractivity contribution in [3.8, 4) is 5.75 Å². The lowest BCUT2D eigenvalue weighted by molar-refractivity contribution is 0.0626. The molecule has 3 heterocycles. The van der Waals surface area contributed by atoms with Crippen LogP contribution < -0.4 is 10.1 Å². The molecule has 1 N–H and O–H groups in total. The summed E-state index contributed by atoms with van der Waals surface area (Å²) in [5.41, 5.74) is 2.78. The number of nitrogens with one attached hydrogen (secondary N) is 1. The Morgan fingerprint density at radius 3 is 2.70 bits per heavy atom. The molecule has 0 radical (unpaired) electrons. The van der Waals surface area contributed by atoms with E-state index in [9.17, 15) is 0 Å². The number of piperazine rings is 1. The lowest BCUT2D eigenvalue weighted by Crippen LogP contribution is -2.53. The van der Waals surface area contributed by atoms with Crippen molar-refractivity contribution in [2.75, 3.05) is 45.9 Å². The summed E-state index contributed by atoms with van der Waals surface area (Å²) in [7, 11) is 0. The van der Waals surface area contributed by atoms with Crippen molar-refractivity contribution in [2.45, 2.75) is 38.3 Å². The van der Waals surface area contributed by atoms with Gasteiger partial charge >= 0.3 is 0 Å². The molecule has 1 aromatic rings. The molecule has 0 saturated carbocycles. The third-order valence-corrected chi connectivity index (χ3v) is 5.92.